The molecule has 0 aliphatic carbocycles. The highest BCUT2D eigenvalue weighted by Gasteiger charge is 2.21. The first-order valence-electron chi connectivity index (χ1n) is 6.06. The Hall–Kier alpha value is -0.930. The first-order valence-corrected chi connectivity index (χ1v) is 6.06. The average Bonchev–Trinajstić information content (AvgIpc) is 2.30. The third-order valence-electron chi connectivity index (χ3n) is 3.32. The van der Waals surface area contributed by atoms with E-state index >= 15 is 0 Å². The molecule has 0 saturated carbocycles. The van der Waals surface area contributed by atoms with Gasteiger partial charge in [-0.3, -0.25) is 4.98 Å². The second-order valence-corrected chi connectivity index (χ2v) is 4.68. The summed E-state index contributed by atoms with van der Waals surface area (Å²) in [4.78, 5) is 4.30. The third kappa shape index (κ3) is 3.03. The van der Waals surface area contributed by atoms with E-state index in [-0.39, 0.29) is 6.10 Å². The molecule has 0 amide bonds. The fraction of sp³-hybridized carbons (Fsp3) is 0.615. The number of aromatic nitrogens is 1. The van der Waals surface area contributed by atoms with Crippen molar-refractivity contribution in [3.05, 3.63) is 29.6 Å². The lowest BCUT2D eigenvalue weighted by molar-refractivity contribution is 0.0882. The fourth-order valence-electron chi connectivity index (χ4n) is 2.32. The van der Waals surface area contributed by atoms with Crippen LogP contribution in [-0.2, 0) is 6.42 Å². The number of aliphatic hydroxyl groups is 1. The highest BCUT2D eigenvalue weighted by atomic mass is 16.3. The Morgan fingerprint density at radius 3 is 2.94 bits per heavy atom. The fourth-order valence-corrected chi connectivity index (χ4v) is 2.32. The number of pyridine rings is 1. The van der Waals surface area contributed by atoms with Gasteiger partial charge in [0.2, 0.25) is 0 Å². The summed E-state index contributed by atoms with van der Waals surface area (Å²) in [5, 5.41) is 13.5. The van der Waals surface area contributed by atoms with Crippen molar-refractivity contribution >= 4 is 0 Å². The van der Waals surface area contributed by atoms with Crippen molar-refractivity contribution in [2.24, 2.45) is 5.92 Å². The van der Waals surface area contributed by atoms with Crippen LogP contribution in [-0.4, -0.2) is 29.3 Å². The second kappa shape index (κ2) is 5.41. The van der Waals surface area contributed by atoms with Gasteiger partial charge < -0.3 is 10.4 Å². The zero-order chi connectivity index (χ0) is 11.4. The van der Waals surface area contributed by atoms with Crippen molar-refractivity contribution in [1.82, 2.24) is 10.3 Å². The lowest BCUT2D eigenvalue weighted by atomic mass is 9.89. The largest absolute Gasteiger partial charge is 0.392 e. The SMILES string of the molecule is Cc1ccnc(C[C@@H](O)C2CCNCC2)c1. The van der Waals surface area contributed by atoms with Gasteiger partial charge in [-0.25, -0.2) is 0 Å². The number of hydrogen-bond donors (Lipinski definition) is 2. The average molecular weight is 220 g/mol. The Bertz CT molecular complexity index is 334. The van der Waals surface area contributed by atoms with Crippen LogP contribution in [0.2, 0.25) is 0 Å². The molecule has 0 radical (unpaired) electrons. The van der Waals surface area contributed by atoms with Gasteiger partial charge in [-0.15, -0.1) is 0 Å². The van der Waals surface area contributed by atoms with E-state index in [1.165, 1.54) is 5.56 Å². The predicted octanol–water partition coefficient (Wildman–Crippen LogP) is 1.29. The molecule has 1 aromatic rings. The van der Waals surface area contributed by atoms with E-state index in [0.717, 1.165) is 31.6 Å². The summed E-state index contributed by atoms with van der Waals surface area (Å²) < 4.78 is 0. The number of nitrogens with one attached hydrogen (secondary N) is 1. The minimum Gasteiger partial charge on any atom is -0.392 e. The molecule has 1 aromatic heterocycles. The molecule has 1 saturated heterocycles. The summed E-state index contributed by atoms with van der Waals surface area (Å²) >= 11 is 0. The van der Waals surface area contributed by atoms with Crippen molar-refractivity contribution in [3.8, 4) is 0 Å². The smallest absolute Gasteiger partial charge is 0.0624 e. The summed E-state index contributed by atoms with van der Waals surface area (Å²) in [7, 11) is 0. The minimum atomic E-state index is -0.239. The number of aryl methyl sites for hydroxylation is 1. The van der Waals surface area contributed by atoms with Crippen LogP contribution in [0.4, 0.5) is 0 Å². The Labute approximate surface area is 96.9 Å². The first kappa shape index (κ1) is 11.6. The van der Waals surface area contributed by atoms with Gasteiger partial charge in [0.25, 0.3) is 0 Å². The van der Waals surface area contributed by atoms with Crippen LogP contribution in [0.3, 0.4) is 0 Å². The van der Waals surface area contributed by atoms with Gasteiger partial charge >= 0.3 is 0 Å². The van der Waals surface area contributed by atoms with Gasteiger partial charge in [-0.05, 0) is 56.5 Å². The molecule has 16 heavy (non-hydrogen) atoms. The van der Waals surface area contributed by atoms with E-state index in [1.807, 2.05) is 12.3 Å². The Morgan fingerprint density at radius 1 is 1.50 bits per heavy atom. The molecule has 1 fully saturated rings. The van der Waals surface area contributed by atoms with E-state index < -0.39 is 0 Å². The molecular weight excluding hydrogens is 200 g/mol. The molecule has 1 aliphatic heterocycles. The van der Waals surface area contributed by atoms with E-state index in [2.05, 4.69) is 23.3 Å². The lowest BCUT2D eigenvalue weighted by Gasteiger charge is -2.27. The Morgan fingerprint density at radius 2 is 2.25 bits per heavy atom. The highest BCUT2D eigenvalue weighted by molar-refractivity contribution is 5.15. The molecule has 0 bridgehead atoms. The van der Waals surface area contributed by atoms with Gasteiger partial charge in [0.1, 0.15) is 0 Å². The number of nitrogens with zero attached hydrogens (tertiary/aromatic N) is 1. The van der Waals surface area contributed by atoms with Crippen LogP contribution in [0.1, 0.15) is 24.1 Å². The Kier molecular flexibility index (Phi) is 3.91. The molecule has 3 heteroatoms. The molecule has 2 N–H and O–H groups in total. The molecule has 0 spiro atoms. The number of rotatable bonds is 3. The zero-order valence-electron chi connectivity index (χ0n) is 9.82. The van der Waals surface area contributed by atoms with E-state index in [9.17, 15) is 5.11 Å². The molecule has 3 nitrogen and oxygen atoms in total. The van der Waals surface area contributed by atoms with Gasteiger partial charge in [0.05, 0.1) is 6.10 Å². The molecule has 1 atom stereocenters. The normalized spacial score (nSPS) is 19.6. The molecule has 0 aromatic carbocycles. The highest BCUT2D eigenvalue weighted by Crippen LogP contribution is 2.19. The van der Waals surface area contributed by atoms with Gasteiger partial charge in [0.15, 0.2) is 0 Å². The van der Waals surface area contributed by atoms with E-state index in [4.69, 9.17) is 0 Å². The predicted molar refractivity (Wildman–Crippen MR) is 64.3 cm³/mol. The van der Waals surface area contributed by atoms with E-state index in [1.54, 1.807) is 0 Å². The van der Waals surface area contributed by atoms with Crippen LogP contribution in [0.15, 0.2) is 18.3 Å². The first-order chi connectivity index (χ1) is 7.75. The minimum absolute atomic E-state index is 0.239. The van der Waals surface area contributed by atoms with E-state index in [0.29, 0.717) is 12.3 Å². The van der Waals surface area contributed by atoms with Crippen LogP contribution in [0.25, 0.3) is 0 Å². The molecule has 2 heterocycles. The van der Waals surface area contributed by atoms with Crippen LogP contribution < -0.4 is 5.32 Å². The molecular formula is C13H20N2O. The number of hydrogen-bond acceptors (Lipinski definition) is 3. The van der Waals surface area contributed by atoms with Gasteiger partial charge in [0, 0.05) is 18.3 Å². The molecule has 2 rings (SSSR count). The number of aliphatic hydroxyl groups excluding tert-OH is 1. The number of piperidine rings is 1. The maximum Gasteiger partial charge on any atom is 0.0624 e. The molecule has 0 unspecified atom stereocenters. The lowest BCUT2D eigenvalue weighted by Crippen LogP contribution is -2.35. The molecule has 88 valence electrons. The third-order valence-corrected chi connectivity index (χ3v) is 3.32. The summed E-state index contributed by atoms with van der Waals surface area (Å²) in [6.07, 6.45) is 4.42. The summed E-state index contributed by atoms with van der Waals surface area (Å²) in [5.41, 5.74) is 2.22. The van der Waals surface area contributed by atoms with Crippen molar-refractivity contribution < 1.29 is 5.11 Å². The van der Waals surface area contributed by atoms with Gasteiger partial charge in [-0.1, -0.05) is 0 Å². The topological polar surface area (TPSA) is 45.2 Å². The molecule has 1 aliphatic rings. The zero-order valence-corrected chi connectivity index (χ0v) is 9.82. The maximum atomic E-state index is 10.2. The van der Waals surface area contributed by atoms with Crippen molar-refractivity contribution in [2.75, 3.05) is 13.1 Å². The quantitative estimate of drug-likeness (QED) is 0.807. The van der Waals surface area contributed by atoms with Crippen LogP contribution >= 0.6 is 0 Å². The van der Waals surface area contributed by atoms with Crippen molar-refractivity contribution in [2.45, 2.75) is 32.3 Å². The standard InChI is InChI=1S/C13H20N2O/c1-10-2-7-15-12(8-10)9-13(16)11-3-5-14-6-4-11/h2,7-8,11,13-14,16H,3-6,9H2,1H3/t13-/m1/s1. The van der Waals surface area contributed by atoms with Crippen LogP contribution in [0.5, 0.6) is 0 Å². The maximum absolute atomic E-state index is 10.2. The van der Waals surface area contributed by atoms with Crippen molar-refractivity contribution in [1.29, 1.82) is 0 Å². The summed E-state index contributed by atoms with van der Waals surface area (Å²) in [6, 6.07) is 4.05. The monoisotopic (exact) mass is 220 g/mol. The Balaban J connectivity index is 1.93. The van der Waals surface area contributed by atoms with Crippen molar-refractivity contribution in [3.63, 3.8) is 0 Å². The van der Waals surface area contributed by atoms with Crippen LogP contribution in [0, 0.1) is 12.8 Å². The van der Waals surface area contributed by atoms with Gasteiger partial charge in [-0.2, -0.15) is 0 Å². The summed E-state index contributed by atoms with van der Waals surface area (Å²) in [6.45, 7) is 4.12. The summed E-state index contributed by atoms with van der Waals surface area (Å²) in [5.74, 6) is 0.434. The second-order valence-electron chi connectivity index (χ2n) is 4.68.